The highest BCUT2D eigenvalue weighted by molar-refractivity contribution is 7.20. The Morgan fingerprint density at radius 3 is 2.60 bits per heavy atom. The van der Waals surface area contributed by atoms with Gasteiger partial charge in [-0.05, 0) is 18.1 Å². The average molecular weight is 197 g/mol. The molecule has 56 valence electrons. The molecule has 0 radical (unpaired) electrons. The van der Waals surface area contributed by atoms with Gasteiger partial charge in [-0.25, -0.2) is 0 Å². The topological polar surface area (TPSA) is 20.2 Å². The van der Waals surface area contributed by atoms with Crippen LogP contribution < -0.4 is 0 Å². The number of rotatable bonds is 2. The molecule has 1 rings (SSSR count). The van der Waals surface area contributed by atoms with Gasteiger partial charge in [0.05, 0.1) is 8.67 Å². The van der Waals surface area contributed by atoms with Crippen LogP contribution in [0.5, 0.6) is 0 Å². The lowest BCUT2D eigenvalue weighted by Crippen LogP contribution is -1.87. The smallest absolute Gasteiger partial charge is 0.0977 e. The van der Waals surface area contributed by atoms with Gasteiger partial charge in [-0.15, -0.1) is 11.3 Å². The van der Waals surface area contributed by atoms with Crippen LogP contribution in [0.1, 0.15) is 5.56 Å². The molecule has 1 aromatic heterocycles. The highest BCUT2D eigenvalue weighted by Crippen LogP contribution is 2.31. The monoisotopic (exact) mass is 196 g/mol. The summed E-state index contributed by atoms with van der Waals surface area (Å²) in [6.07, 6.45) is 0.585. The number of hydrogen-bond acceptors (Lipinski definition) is 2. The molecule has 0 unspecified atom stereocenters. The van der Waals surface area contributed by atoms with Crippen LogP contribution in [0.25, 0.3) is 0 Å². The zero-order valence-corrected chi connectivity index (χ0v) is 7.43. The van der Waals surface area contributed by atoms with Crippen molar-refractivity contribution in [2.45, 2.75) is 6.42 Å². The summed E-state index contributed by atoms with van der Waals surface area (Å²) in [5.41, 5.74) is 0.930. The Bertz CT molecular complexity index is 222. The molecule has 0 saturated heterocycles. The molecule has 1 N–H and O–H groups in total. The Morgan fingerprint density at radius 1 is 1.50 bits per heavy atom. The fourth-order valence-electron chi connectivity index (χ4n) is 0.665. The van der Waals surface area contributed by atoms with Crippen LogP contribution in [0.2, 0.25) is 8.67 Å². The maximum atomic E-state index is 8.56. The molecule has 0 aliphatic rings. The Kier molecular flexibility index (Phi) is 2.98. The van der Waals surface area contributed by atoms with Gasteiger partial charge in [-0.3, -0.25) is 0 Å². The first-order valence-corrected chi connectivity index (χ1v) is 4.36. The second-order valence-corrected chi connectivity index (χ2v) is 4.11. The fraction of sp³-hybridized carbons (Fsp3) is 0.333. The highest BCUT2D eigenvalue weighted by Gasteiger charge is 2.03. The van der Waals surface area contributed by atoms with Gasteiger partial charge in [0.15, 0.2) is 0 Å². The number of thiophene rings is 1. The van der Waals surface area contributed by atoms with E-state index < -0.39 is 0 Å². The lowest BCUT2D eigenvalue weighted by Gasteiger charge is -1.90. The Hall–Kier alpha value is 0.240. The summed E-state index contributed by atoms with van der Waals surface area (Å²) in [4.78, 5) is 0. The molecule has 0 saturated carbocycles. The first-order chi connectivity index (χ1) is 4.74. The van der Waals surface area contributed by atoms with Gasteiger partial charge in [0.2, 0.25) is 0 Å². The maximum Gasteiger partial charge on any atom is 0.0977 e. The van der Waals surface area contributed by atoms with Crippen molar-refractivity contribution in [1.29, 1.82) is 0 Å². The predicted molar refractivity (Wildman–Crippen MR) is 45.1 cm³/mol. The molecule has 0 fully saturated rings. The normalized spacial score (nSPS) is 10.3. The van der Waals surface area contributed by atoms with E-state index in [-0.39, 0.29) is 6.61 Å². The first-order valence-electron chi connectivity index (χ1n) is 2.78. The molecular weight excluding hydrogens is 191 g/mol. The molecular formula is C6H6Cl2OS. The third-order valence-electron chi connectivity index (χ3n) is 1.11. The van der Waals surface area contributed by atoms with Crippen molar-refractivity contribution in [1.82, 2.24) is 0 Å². The van der Waals surface area contributed by atoms with Crippen LogP contribution in [0, 0.1) is 0 Å². The molecule has 0 amide bonds. The number of aliphatic hydroxyl groups is 1. The van der Waals surface area contributed by atoms with Crippen molar-refractivity contribution in [2.24, 2.45) is 0 Å². The zero-order chi connectivity index (χ0) is 7.56. The van der Waals surface area contributed by atoms with Crippen molar-refractivity contribution in [2.75, 3.05) is 6.61 Å². The third kappa shape index (κ3) is 1.86. The van der Waals surface area contributed by atoms with Crippen molar-refractivity contribution in [3.8, 4) is 0 Å². The second kappa shape index (κ2) is 3.58. The molecule has 0 aliphatic heterocycles. The van der Waals surface area contributed by atoms with E-state index in [4.69, 9.17) is 28.3 Å². The SMILES string of the molecule is OCCc1cc(Cl)sc1Cl. The van der Waals surface area contributed by atoms with Gasteiger partial charge in [0.25, 0.3) is 0 Å². The minimum atomic E-state index is 0.118. The summed E-state index contributed by atoms with van der Waals surface area (Å²) >= 11 is 12.7. The third-order valence-corrected chi connectivity index (χ3v) is 2.68. The minimum absolute atomic E-state index is 0.118. The van der Waals surface area contributed by atoms with E-state index in [2.05, 4.69) is 0 Å². The lowest BCUT2D eigenvalue weighted by atomic mass is 10.3. The molecule has 1 heterocycles. The van der Waals surface area contributed by atoms with E-state index >= 15 is 0 Å². The zero-order valence-electron chi connectivity index (χ0n) is 5.10. The van der Waals surface area contributed by atoms with Crippen LogP contribution >= 0.6 is 34.5 Å². The van der Waals surface area contributed by atoms with Gasteiger partial charge < -0.3 is 5.11 Å². The molecule has 0 bridgehead atoms. The number of aliphatic hydroxyl groups excluding tert-OH is 1. The van der Waals surface area contributed by atoms with Gasteiger partial charge in [0.1, 0.15) is 0 Å². The largest absolute Gasteiger partial charge is 0.396 e. The number of hydrogen-bond donors (Lipinski definition) is 1. The van der Waals surface area contributed by atoms with Crippen LogP contribution in [0.3, 0.4) is 0 Å². The van der Waals surface area contributed by atoms with E-state index in [1.54, 1.807) is 6.07 Å². The van der Waals surface area contributed by atoms with Crippen molar-refractivity contribution >= 4 is 34.5 Å². The summed E-state index contributed by atoms with van der Waals surface area (Å²) in [7, 11) is 0. The maximum absolute atomic E-state index is 8.56. The van der Waals surface area contributed by atoms with Crippen LogP contribution in [-0.4, -0.2) is 11.7 Å². The van der Waals surface area contributed by atoms with Crippen LogP contribution in [0.15, 0.2) is 6.07 Å². The van der Waals surface area contributed by atoms with E-state index in [1.807, 2.05) is 0 Å². The minimum Gasteiger partial charge on any atom is -0.396 e. The summed E-state index contributed by atoms with van der Waals surface area (Å²) < 4.78 is 1.35. The molecule has 0 aliphatic carbocycles. The molecule has 1 aromatic rings. The fourth-order valence-corrected chi connectivity index (χ4v) is 2.21. The van der Waals surface area contributed by atoms with Crippen molar-refractivity contribution < 1.29 is 5.11 Å². The molecule has 4 heteroatoms. The molecule has 10 heavy (non-hydrogen) atoms. The summed E-state index contributed by atoms with van der Waals surface area (Å²) in [5, 5.41) is 8.56. The Morgan fingerprint density at radius 2 is 2.20 bits per heavy atom. The van der Waals surface area contributed by atoms with E-state index in [9.17, 15) is 0 Å². The van der Waals surface area contributed by atoms with E-state index in [0.29, 0.717) is 15.1 Å². The van der Waals surface area contributed by atoms with Gasteiger partial charge >= 0.3 is 0 Å². The van der Waals surface area contributed by atoms with Gasteiger partial charge in [-0.2, -0.15) is 0 Å². The predicted octanol–water partition coefficient (Wildman–Crippen LogP) is 2.59. The lowest BCUT2D eigenvalue weighted by molar-refractivity contribution is 0.300. The van der Waals surface area contributed by atoms with Crippen molar-refractivity contribution in [3.05, 3.63) is 20.3 Å². The Labute approximate surface area is 73.2 Å². The summed E-state index contributed by atoms with van der Waals surface area (Å²) in [5.74, 6) is 0. The van der Waals surface area contributed by atoms with Crippen LogP contribution in [0.4, 0.5) is 0 Å². The molecule has 1 nitrogen and oxygen atoms in total. The standard InChI is InChI=1S/C6H6Cl2OS/c7-5-3-4(1-2-9)6(8)10-5/h3,9H,1-2H2. The molecule has 0 atom stereocenters. The number of halogens is 2. The van der Waals surface area contributed by atoms with Crippen molar-refractivity contribution in [3.63, 3.8) is 0 Å². The first kappa shape index (κ1) is 8.34. The average Bonchev–Trinajstić information content (AvgIpc) is 2.13. The quantitative estimate of drug-likeness (QED) is 0.772. The van der Waals surface area contributed by atoms with Gasteiger partial charge in [0, 0.05) is 6.61 Å². The second-order valence-electron chi connectivity index (χ2n) is 1.82. The summed E-state index contributed by atoms with van der Waals surface area (Å²) in [6, 6.07) is 1.78. The molecule has 0 aromatic carbocycles. The van der Waals surface area contributed by atoms with Gasteiger partial charge in [-0.1, -0.05) is 23.2 Å². The Balaban J connectivity index is 2.81. The summed E-state index contributed by atoms with van der Waals surface area (Å²) in [6.45, 7) is 0.118. The van der Waals surface area contributed by atoms with Crippen LogP contribution in [-0.2, 0) is 6.42 Å². The highest BCUT2D eigenvalue weighted by atomic mass is 35.5. The molecule has 0 spiro atoms. The van der Waals surface area contributed by atoms with E-state index in [1.165, 1.54) is 11.3 Å². The van der Waals surface area contributed by atoms with E-state index in [0.717, 1.165) is 5.56 Å².